The summed E-state index contributed by atoms with van der Waals surface area (Å²) in [4.78, 5) is 21.2. The van der Waals surface area contributed by atoms with Crippen LogP contribution in [-0.4, -0.2) is 27.8 Å². The van der Waals surface area contributed by atoms with Crippen molar-refractivity contribution in [3.8, 4) is 0 Å². The minimum atomic E-state index is -1.15. The van der Waals surface area contributed by atoms with Crippen LogP contribution in [0.5, 0.6) is 0 Å². The molecule has 1 aliphatic rings. The number of carbonyl (C=O) groups excluding carboxylic acids is 1. The molecule has 5 heteroatoms. The fraction of sp³-hybridized carbons (Fsp3) is 0.286. The van der Waals surface area contributed by atoms with Gasteiger partial charge < -0.3 is 10.3 Å². The van der Waals surface area contributed by atoms with Gasteiger partial charge in [0.25, 0.3) is 0 Å². The number of allylic oxidation sites excluding steroid dienone is 2. The quantitative estimate of drug-likeness (QED) is 0.428. The first-order chi connectivity index (χ1) is 5.65. The number of hydrogen-bond acceptors (Lipinski definition) is 4. The molecular weight excluding hydrogens is 162 g/mol. The van der Waals surface area contributed by atoms with Crippen LogP contribution in [0.15, 0.2) is 17.3 Å². The zero-order valence-electron chi connectivity index (χ0n) is 6.10. The molecule has 0 fully saturated rings. The van der Waals surface area contributed by atoms with Gasteiger partial charge in [0.2, 0.25) is 0 Å². The van der Waals surface area contributed by atoms with Gasteiger partial charge in [-0.05, 0) is 12.2 Å². The first-order valence-corrected chi connectivity index (χ1v) is 3.31. The lowest BCUT2D eigenvalue weighted by Crippen LogP contribution is -2.28. The SMILES string of the molecule is O=C1C=CC(=NO)C(C(=O)O)C1. The number of ketones is 1. The van der Waals surface area contributed by atoms with Crippen LogP contribution in [-0.2, 0) is 9.59 Å². The predicted octanol–water partition coefficient (Wildman–Crippen LogP) is 0.0464. The van der Waals surface area contributed by atoms with E-state index in [1.165, 1.54) is 12.2 Å². The van der Waals surface area contributed by atoms with Gasteiger partial charge in [0.05, 0.1) is 5.71 Å². The monoisotopic (exact) mass is 169 g/mol. The first kappa shape index (κ1) is 8.45. The smallest absolute Gasteiger partial charge is 0.313 e. The maximum absolute atomic E-state index is 10.8. The standard InChI is InChI=1S/C7H7NO4/c9-4-1-2-6(8-12)5(3-4)7(10)11/h1-2,5,12H,3H2,(H,10,11). The van der Waals surface area contributed by atoms with E-state index in [-0.39, 0.29) is 17.9 Å². The molecule has 0 spiro atoms. The van der Waals surface area contributed by atoms with Gasteiger partial charge in [-0.15, -0.1) is 0 Å². The van der Waals surface area contributed by atoms with Crippen molar-refractivity contribution < 1.29 is 19.9 Å². The summed E-state index contributed by atoms with van der Waals surface area (Å²) in [5.74, 6) is -2.43. The Labute approximate surface area is 68.0 Å². The zero-order valence-corrected chi connectivity index (χ0v) is 6.10. The molecule has 0 bridgehead atoms. The van der Waals surface area contributed by atoms with Crippen molar-refractivity contribution in [2.45, 2.75) is 6.42 Å². The molecule has 64 valence electrons. The van der Waals surface area contributed by atoms with Crippen LogP contribution in [0.3, 0.4) is 0 Å². The number of carboxylic acid groups (broad SMARTS) is 1. The number of hydrogen-bond donors (Lipinski definition) is 2. The average molecular weight is 169 g/mol. The molecule has 0 saturated carbocycles. The Balaban J connectivity index is 2.93. The van der Waals surface area contributed by atoms with E-state index >= 15 is 0 Å². The van der Waals surface area contributed by atoms with Gasteiger partial charge in [-0.2, -0.15) is 0 Å². The molecule has 1 rings (SSSR count). The number of carbonyl (C=O) groups is 2. The van der Waals surface area contributed by atoms with Crippen molar-refractivity contribution in [2.24, 2.45) is 11.1 Å². The van der Waals surface area contributed by atoms with E-state index < -0.39 is 11.9 Å². The van der Waals surface area contributed by atoms with Gasteiger partial charge in [-0.25, -0.2) is 0 Å². The highest BCUT2D eigenvalue weighted by Gasteiger charge is 2.28. The van der Waals surface area contributed by atoms with E-state index in [1.807, 2.05) is 0 Å². The van der Waals surface area contributed by atoms with Gasteiger partial charge in [-0.3, -0.25) is 9.59 Å². The Morgan fingerprint density at radius 2 is 2.25 bits per heavy atom. The number of aliphatic carboxylic acids is 1. The van der Waals surface area contributed by atoms with Crippen molar-refractivity contribution in [1.82, 2.24) is 0 Å². The van der Waals surface area contributed by atoms with E-state index in [1.54, 1.807) is 0 Å². The molecule has 0 amide bonds. The molecule has 5 nitrogen and oxygen atoms in total. The highest BCUT2D eigenvalue weighted by Crippen LogP contribution is 2.13. The third-order valence-electron chi connectivity index (χ3n) is 1.62. The second kappa shape index (κ2) is 3.17. The third kappa shape index (κ3) is 1.50. The van der Waals surface area contributed by atoms with Crippen LogP contribution in [0.2, 0.25) is 0 Å². The molecule has 1 unspecified atom stereocenters. The van der Waals surface area contributed by atoms with E-state index in [0.29, 0.717) is 0 Å². The van der Waals surface area contributed by atoms with Gasteiger partial charge in [0.15, 0.2) is 5.78 Å². The van der Waals surface area contributed by atoms with Crippen LogP contribution < -0.4 is 0 Å². The zero-order chi connectivity index (χ0) is 9.14. The number of rotatable bonds is 1. The summed E-state index contributed by atoms with van der Waals surface area (Å²) in [5.41, 5.74) is 0.0158. The topological polar surface area (TPSA) is 87.0 Å². The second-order valence-corrected chi connectivity index (χ2v) is 2.42. The van der Waals surface area contributed by atoms with E-state index in [2.05, 4.69) is 5.16 Å². The van der Waals surface area contributed by atoms with Gasteiger partial charge in [-0.1, -0.05) is 5.16 Å². The second-order valence-electron chi connectivity index (χ2n) is 2.42. The normalized spacial score (nSPS) is 26.2. The van der Waals surface area contributed by atoms with Gasteiger partial charge in [0.1, 0.15) is 5.92 Å². The molecule has 0 saturated heterocycles. The fourth-order valence-electron chi connectivity index (χ4n) is 0.985. The summed E-state index contributed by atoms with van der Waals surface area (Å²) in [6.07, 6.45) is 2.28. The minimum Gasteiger partial charge on any atom is -0.481 e. The molecule has 0 aromatic rings. The Hall–Kier alpha value is -1.65. The van der Waals surface area contributed by atoms with Crippen LogP contribution in [0, 0.1) is 5.92 Å². The lowest BCUT2D eigenvalue weighted by molar-refractivity contribution is -0.140. The van der Waals surface area contributed by atoms with E-state index in [4.69, 9.17) is 10.3 Å². The molecule has 0 aliphatic heterocycles. The Morgan fingerprint density at radius 1 is 1.58 bits per heavy atom. The van der Waals surface area contributed by atoms with Crippen molar-refractivity contribution >= 4 is 17.5 Å². The molecule has 0 radical (unpaired) electrons. The Kier molecular flexibility index (Phi) is 2.23. The molecule has 0 aromatic carbocycles. The lowest BCUT2D eigenvalue weighted by atomic mass is 9.92. The molecule has 12 heavy (non-hydrogen) atoms. The number of carboxylic acids is 1. The summed E-state index contributed by atoms with van der Waals surface area (Å²) in [6, 6.07) is 0. The van der Waals surface area contributed by atoms with E-state index in [9.17, 15) is 9.59 Å². The Bertz CT molecular complexity index is 279. The summed E-state index contributed by atoms with van der Waals surface area (Å²) in [6.45, 7) is 0. The van der Waals surface area contributed by atoms with Gasteiger partial charge in [0, 0.05) is 6.42 Å². The minimum absolute atomic E-state index is 0.0158. The first-order valence-electron chi connectivity index (χ1n) is 3.31. The molecule has 0 heterocycles. The third-order valence-corrected chi connectivity index (χ3v) is 1.62. The predicted molar refractivity (Wildman–Crippen MR) is 39.1 cm³/mol. The van der Waals surface area contributed by atoms with Crippen LogP contribution >= 0.6 is 0 Å². The average Bonchev–Trinajstić information content (AvgIpc) is 2.04. The van der Waals surface area contributed by atoms with Crippen molar-refractivity contribution in [2.75, 3.05) is 0 Å². The van der Waals surface area contributed by atoms with Crippen LogP contribution in [0.4, 0.5) is 0 Å². The Morgan fingerprint density at radius 3 is 2.75 bits per heavy atom. The molecule has 1 aliphatic carbocycles. The maximum Gasteiger partial charge on any atom is 0.313 e. The summed E-state index contributed by atoms with van der Waals surface area (Å²) >= 11 is 0. The summed E-state index contributed by atoms with van der Waals surface area (Å²) in [7, 11) is 0. The largest absolute Gasteiger partial charge is 0.481 e. The number of oxime groups is 1. The highest BCUT2D eigenvalue weighted by atomic mass is 16.4. The molecule has 0 aromatic heterocycles. The van der Waals surface area contributed by atoms with Gasteiger partial charge >= 0.3 is 5.97 Å². The highest BCUT2D eigenvalue weighted by molar-refractivity contribution is 6.15. The van der Waals surface area contributed by atoms with Crippen LogP contribution in [0.1, 0.15) is 6.42 Å². The van der Waals surface area contributed by atoms with Crippen molar-refractivity contribution in [3.05, 3.63) is 12.2 Å². The molecule has 2 N–H and O–H groups in total. The van der Waals surface area contributed by atoms with Crippen molar-refractivity contribution in [3.63, 3.8) is 0 Å². The summed E-state index contributed by atoms with van der Waals surface area (Å²) < 4.78 is 0. The fourth-order valence-corrected chi connectivity index (χ4v) is 0.985. The molecular formula is C7H7NO4. The van der Waals surface area contributed by atoms with Crippen LogP contribution in [0.25, 0.3) is 0 Å². The molecule has 1 atom stereocenters. The number of nitrogens with zero attached hydrogens (tertiary/aromatic N) is 1. The van der Waals surface area contributed by atoms with E-state index in [0.717, 1.165) is 0 Å². The summed E-state index contributed by atoms with van der Waals surface area (Å²) in [5, 5.41) is 19.7. The lowest BCUT2D eigenvalue weighted by Gasteiger charge is -2.12. The van der Waals surface area contributed by atoms with Crippen molar-refractivity contribution in [1.29, 1.82) is 0 Å². The maximum atomic E-state index is 10.8.